The molecule has 0 atom stereocenters. The number of thiocarbonyl (C=S) groups is 1. The molecule has 0 aliphatic carbocycles. The minimum absolute atomic E-state index is 0.596. The van der Waals surface area contributed by atoms with Gasteiger partial charge in [-0.1, -0.05) is 43.2 Å². The van der Waals surface area contributed by atoms with Crippen LogP contribution in [0, 0.1) is 0 Å². The van der Waals surface area contributed by atoms with Crippen molar-refractivity contribution in [3.05, 3.63) is 52.9 Å². The molecule has 2 heterocycles. The molecular formula is C19H26N4S2. The van der Waals surface area contributed by atoms with Gasteiger partial charge in [0.05, 0.1) is 5.00 Å². The van der Waals surface area contributed by atoms with Crippen LogP contribution in [0.4, 0.5) is 5.00 Å². The van der Waals surface area contributed by atoms with E-state index in [1.54, 1.807) is 11.3 Å². The van der Waals surface area contributed by atoms with E-state index in [9.17, 15) is 0 Å². The van der Waals surface area contributed by atoms with Crippen LogP contribution >= 0.6 is 23.6 Å². The molecule has 0 spiro atoms. The maximum absolute atomic E-state index is 5.35. The highest BCUT2D eigenvalue weighted by Crippen LogP contribution is 2.24. The zero-order valence-electron chi connectivity index (χ0n) is 14.5. The molecule has 1 aliphatic rings. The van der Waals surface area contributed by atoms with Crippen molar-refractivity contribution >= 4 is 33.7 Å². The fraction of sp³-hybridized carbons (Fsp3) is 0.421. The highest BCUT2D eigenvalue weighted by atomic mass is 32.1. The fourth-order valence-electron chi connectivity index (χ4n) is 3.01. The van der Waals surface area contributed by atoms with Gasteiger partial charge in [0.1, 0.15) is 0 Å². The molecule has 3 rings (SSSR count). The third-order valence-corrected chi connectivity index (χ3v) is 5.50. The first-order valence-electron chi connectivity index (χ1n) is 8.94. The largest absolute Gasteiger partial charge is 0.323 e. The topological polar surface area (TPSA) is 39.3 Å². The van der Waals surface area contributed by atoms with Crippen LogP contribution in [0.15, 0.2) is 42.5 Å². The average molecular weight is 375 g/mol. The van der Waals surface area contributed by atoms with E-state index in [4.69, 9.17) is 12.2 Å². The third kappa shape index (κ3) is 6.40. The van der Waals surface area contributed by atoms with E-state index in [0.29, 0.717) is 5.11 Å². The number of nitrogens with one attached hydrogen (secondary N) is 3. The van der Waals surface area contributed by atoms with Gasteiger partial charge < -0.3 is 5.32 Å². The smallest absolute Gasteiger partial charge is 0.185 e. The molecule has 0 saturated carbocycles. The van der Waals surface area contributed by atoms with Crippen molar-refractivity contribution in [2.75, 3.05) is 18.4 Å². The summed E-state index contributed by atoms with van der Waals surface area (Å²) in [7, 11) is 0. The molecule has 4 nitrogen and oxygen atoms in total. The summed E-state index contributed by atoms with van der Waals surface area (Å²) in [6.07, 6.45) is 5.42. The second kappa shape index (κ2) is 9.87. The van der Waals surface area contributed by atoms with Crippen molar-refractivity contribution in [1.29, 1.82) is 0 Å². The normalized spacial score (nSPS) is 15.5. The maximum atomic E-state index is 5.35. The van der Waals surface area contributed by atoms with Crippen LogP contribution < -0.4 is 16.2 Å². The Kier molecular flexibility index (Phi) is 7.23. The minimum atomic E-state index is 0.596. The van der Waals surface area contributed by atoms with Gasteiger partial charge in [0.25, 0.3) is 0 Å². The molecular weight excluding hydrogens is 348 g/mol. The number of likely N-dealkylation sites (tertiary alicyclic amines) is 1. The standard InChI is InChI=1S/C19H26N4S2/c24-19(22-20-14-16-8-4-3-5-9-16)21-18-11-10-17(25-18)15-23-12-6-1-2-7-13-23/h3-5,8-11,20H,1-2,6-7,12-15H2,(H2,21,22,24). The van der Waals surface area contributed by atoms with E-state index in [-0.39, 0.29) is 0 Å². The third-order valence-electron chi connectivity index (χ3n) is 4.31. The predicted octanol–water partition coefficient (Wildman–Crippen LogP) is 4.12. The molecule has 1 aliphatic heterocycles. The number of nitrogens with zero attached hydrogens (tertiary/aromatic N) is 1. The second-order valence-electron chi connectivity index (χ2n) is 6.37. The quantitative estimate of drug-likeness (QED) is 0.524. The van der Waals surface area contributed by atoms with Gasteiger partial charge in [-0.25, -0.2) is 5.43 Å². The lowest BCUT2D eigenvalue weighted by Gasteiger charge is -2.18. The van der Waals surface area contributed by atoms with Crippen molar-refractivity contribution < 1.29 is 0 Å². The summed E-state index contributed by atoms with van der Waals surface area (Å²) in [6, 6.07) is 14.6. The number of anilines is 1. The number of rotatable bonds is 6. The number of thiophene rings is 1. The van der Waals surface area contributed by atoms with Crippen LogP contribution in [0.2, 0.25) is 0 Å². The van der Waals surface area contributed by atoms with Crippen LogP contribution in [0.25, 0.3) is 0 Å². The van der Waals surface area contributed by atoms with Crippen LogP contribution in [-0.2, 0) is 13.1 Å². The first kappa shape index (κ1) is 18.3. The second-order valence-corrected chi connectivity index (χ2v) is 7.95. The molecule has 6 heteroatoms. The molecule has 1 aromatic heterocycles. The summed E-state index contributed by atoms with van der Waals surface area (Å²) in [5.74, 6) is 0. The Bertz CT molecular complexity index is 648. The van der Waals surface area contributed by atoms with Crippen molar-refractivity contribution in [3.63, 3.8) is 0 Å². The van der Waals surface area contributed by atoms with E-state index in [2.05, 4.69) is 45.3 Å². The van der Waals surface area contributed by atoms with Crippen LogP contribution in [0.5, 0.6) is 0 Å². The zero-order chi connectivity index (χ0) is 17.3. The molecule has 25 heavy (non-hydrogen) atoms. The van der Waals surface area contributed by atoms with Gasteiger partial charge in [0.15, 0.2) is 5.11 Å². The monoisotopic (exact) mass is 374 g/mol. The number of hydrazine groups is 1. The number of benzene rings is 1. The lowest BCUT2D eigenvalue weighted by Crippen LogP contribution is -2.39. The fourth-order valence-corrected chi connectivity index (χ4v) is 4.21. The molecule has 1 saturated heterocycles. The lowest BCUT2D eigenvalue weighted by molar-refractivity contribution is 0.279. The van der Waals surface area contributed by atoms with Gasteiger partial charge in [-0.2, -0.15) is 0 Å². The summed E-state index contributed by atoms with van der Waals surface area (Å²) < 4.78 is 0. The van der Waals surface area contributed by atoms with Crippen LogP contribution in [0.1, 0.15) is 36.1 Å². The Balaban J connectivity index is 1.40. The Morgan fingerprint density at radius 1 is 1.00 bits per heavy atom. The van der Waals surface area contributed by atoms with Crippen LogP contribution in [-0.4, -0.2) is 23.1 Å². The highest BCUT2D eigenvalue weighted by molar-refractivity contribution is 7.80. The molecule has 0 unspecified atom stereocenters. The number of hydrogen-bond acceptors (Lipinski definition) is 4. The Hall–Kier alpha value is -1.47. The van der Waals surface area contributed by atoms with Gasteiger partial charge in [0.2, 0.25) is 0 Å². The van der Waals surface area contributed by atoms with Gasteiger partial charge in [0, 0.05) is 18.0 Å². The molecule has 0 bridgehead atoms. The Morgan fingerprint density at radius 2 is 1.76 bits per heavy atom. The Morgan fingerprint density at radius 3 is 2.52 bits per heavy atom. The van der Waals surface area contributed by atoms with Crippen molar-refractivity contribution in [1.82, 2.24) is 15.8 Å². The highest BCUT2D eigenvalue weighted by Gasteiger charge is 2.11. The Labute approximate surface area is 159 Å². The van der Waals surface area contributed by atoms with E-state index in [1.165, 1.54) is 49.2 Å². The molecule has 1 fully saturated rings. The molecule has 0 amide bonds. The lowest BCUT2D eigenvalue weighted by atomic mass is 10.2. The summed E-state index contributed by atoms with van der Waals surface area (Å²) in [5.41, 5.74) is 7.41. The average Bonchev–Trinajstić information content (AvgIpc) is 2.89. The zero-order valence-corrected chi connectivity index (χ0v) is 16.1. The van der Waals surface area contributed by atoms with Crippen molar-refractivity contribution in [2.45, 2.75) is 38.8 Å². The van der Waals surface area contributed by atoms with Gasteiger partial charge in [-0.05, 0) is 55.8 Å². The van der Waals surface area contributed by atoms with E-state index >= 15 is 0 Å². The first-order valence-corrected chi connectivity index (χ1v) is 10.2. The predicted molar refractivity (Wildman–Crippen MR) is 111 cm³/mol. The van der Waals surface area contributed by atoms with E-state index < -0.39 is 0 Å². The molecule has 3 N–H and O–H groups in total. The molecule has 2 aromatic rings. The van der Waals surface area contributed by atoms with E-state index in [1.807, 2.05) is 18.2 Å². The summed E-state index contributed by atoms with van der Waals surface area (Å²) in [5, 5.41) is 4.94. The van der Waals surface area contributed by atoms with Crippen molar-refractivity contribution in [3.8, 4) is 0 Å². The maximum Gasteiger partial charge on any atom is 0.185 e. The van der Waals surface area contributed by atoms with Gasteiger partial charge in [-0.15, -0.1) is 11.3 Å². The van der Waals surface area contributed by atoms with Gasteiger partial charge >= 0.3 is 0 Å². The summed E-state index contributed by atoms with van der Waals surface area (Å²) >= 11 is 7.13. The molecule has 134 valence electrons. The summed E-state index contributed by atoms with van der Waals surface area (Å²) in [4.78, 5) is 3.96. The number of hydrogen-bond donors (Lipinski definition) is 3. The van der Waals surface area contributed by atoms with Gasteiger partial charge in [-0.3, -0.25) is 10.3 Å². The van der Waals surface area contributed by atoms with Crippen molar-refractivity contribution in [2.24, 2.45) is 0 Å². The SMILES string of the molecule is S=C(NNCc1ccccc1)Nc1ccc(CN2CCCCCC2)s1. The van der Waals surface area contributed by atoms with E-state index in [0.717, 1.165) is 18.1 Å². The van der Waals surface area contributed by atoms with Crippen LogP contribution in [0.3, 0.4) is 0 Å². The summed E-state index contributed by atoms with van der Waals surface area (Å²) in [6.45, 7) is 4.24. The minimum Gasteiger partial charge on any atom is -0.323 e. The first-order chi connectivity index (χ1) is 12.3. The molecule has 1 aromatic carbocycles. The molecule has 0 radical (unpaired) electrons.